The van der Waals surface area contributed by atoms with E-state index in [-0.39, 0.29) is 51.4 Å². The third-order valence-corrected chi connectivity index (χ3v) is 1.68. The minimum absolute atomic E-state index is 0. The topological polar surface area (TPSA) is 25.8 Å². The molecule has 0 atom stereocenters. The van der Waals surface area contributed by atoms with E-state index in [1.165, 1.54) is 0 Å². The van der Waals surface area contributed by atoms with Crippen molar-refractivity contribution in [2.24, 2.45) is 0 Å². The van der Waals surface area contributed by atoms with Gasteiger partial charge in [0, 0.05) is 11.9 Å². The Morgan fingerprint density at radius 1 is 1.21 bits per heavy atom. The van der Waals surface area contributed by atoms with Crippen molar-refractivity contribution in [1.82, 2.24) is 9.97 Å². The Kier molecular flexibility index (Phi) is 7.59. The van der Waals surface area contributed by atoms with Gasteiger partial charge in [0.2, 0.25) is 0 Å². The van der Waals surface area contributed by atoms with Crippen molar-refractivity contribution in [1.29, 1.82) is 0 Å². The van der Waals surface area contributed by atoms with Gasteiger partial charge < -0.3 is 4.98 Å². The quantitative estimate of drug-likeness (QED) is 0.445. The predicted molar refractivity (Wildman–Crippen MR) is 54.5 cm³/mol. The number of hydrogen-bond donors (Lipinski definition) is 0. The summed E-state index contributed by atoms with van der Waals surface area (Å²) >= 11 is 0. The predicted octanol–water partition coefficient (Wildman–Crippen LogP) is -0.231. The van der Waals surface area contributed by atoms with E-state index in [0.29, 0.717) is 0 Å². The van der Waals surface area contributed by atoms with Gasteiger partial charge in [-0.3, -0.25) is 4.98 Å². The fraction of sp³-hybridized carbons (Fsp3) is 0.273. The molecule has 2 aromatic heterocycles. The van der Waals surface area contributed by atoms with E-state index in [1.54, 1.807) is 12.3 Å². The Labute approximate surface area is 128 Å². The molecule has 0 amide bonds. The van der Waals surface area contributed by atoms with E-state index in [9.17, 15) is 0 Å². The molecule has 2 nitrogen and oxygen atoms in total. The minimum atomic E-state index is 0. The van der Waals surface area contributed by atoms with Crippen molar-refractivity contribution in [3.05, 3.63) is 36.3 Å². The van der Waals surface area contributed by atoms with Crippen LogP contribution >= 0.6 is 0 Å². The Balaban J connectivity index is 0.000000531. The van der Waals surface area contributed by atoms with Gasteiger partial charge in [0.15, 0.2) is 0 Å². The average Bonchev–Trinajstić information content (AvgIpc) is 2.22. The van der Waals surface area contributed by atoms with Gasteiger partial charge in [-0.15, -0.1) is 0 Å². The number of hydrogen-bond acceptors (Lipinski definition) is 2. The van der Waals surface area contributed by atoms with Crippen LogP contribution in [0.25, 0.3) is 10.9 Å². The van der Waals surface area contributed by atoms with E-state index < -0.39 is 0 Å². The van der Waals surface area contributed by atoms with Crippen molar-refractivity contribution in [3.8, 4) is 0 Å². The second-order valence-corrected chi connectivity index (χ2v) is 2.40. The standard InChI is InChI=1S/C9H7N2.C2H6.K/c1-7-8-3-2-5-11-9(8)4-6-10-7;1-2;/h2-4,6H,1H3;1-2H3;/q-1;;+1. The molecule has 0 saturated carbocycles. The number of pyridine rings is 2. The first-order valence-corrected chi connectivity index (χ1v) is 4.46. The van der Waals surface area contributed by atoms with E-state index in [1.807, 2.05) is 32.9 Å². The Hall–Kier alpha value is 0.196. The number of aromatic nitrogens is 2. The van der Waals surface area contributed by atoms with Crippen molar-refractivity contribution in [3.63, 3.8) is 0 Å². The smallest absolute Gasteiger partial charge is 0.386 e. The Morgan fingerprint density at radius 2 is 1.93 bits per heavy atom. The zero-order chi connectivity index (χ0) is 9.68. The van der Waals surface area contributed by atoms with Crippen molar-refractivity contribution in [2.75, 3.05) is 0 Å². The molecule has 0 N–H and O–H groups in total. The normalized spacial score (nSPS) is 8.50. The largest absolute Gasteiger partial charge is 1.00 e. The molecule has 14 heavy (non-hydrogen) atoms. The SMILES string of the molecule is CC.Cc1nccc2n[c-]ccc12.[K+]. The van der Waals surface area contributed by atoms with Crippen LogP contribution in [0.4, 0.5) is 0 Å². The van der Waals surface area contributed by atoms with Gasteiger partial charge in [-0.2, -0.15) is 12.1 Å². The summed E-state index contributed by atoms with van der Waals surface area (Å²) in [5, 5.41) is 1.10. The molecule has 0 fully saturated rings. The van der Waals surface area contributed by atoms with Gasteiger partial charge in [-0.05, 0) is 12.4 Å². The first-order chi connectivity index (χ1) is 6.38. The van der Waals surface area contributed by atoms with Crippen molar-refractivity contribution in [2.45, 2.75) is 20.8 Å². The fourth-order valence-electron chi connectivity index (χ4n) is 1.10. The number of rotatable bonds is 0. The van der Waals surface area contributed by atoms with E-state index in [4.69, 9.17) is 0 Å². The van der Waals surface area contributed by atoms with E-state index in [2.05, 4.69) is 16.2 Å². The molecular formula is C11H13KN2. The second-order valence-electron chi connectivity index (χ2n) is 2.40. The summed E-state index contributed by atoms with van der Waals surface area (Å²) < 4.78 is 0. The number of fused-ring (bicyclic) bond motifs is 1. The maximum absolute atomic E-state index is 4.15. The summed E-state index contributed by atoms with van der Waals surface area (Å²) in [7, 11) is 0. The minimum Gasteiger partial charge on any atom is -0.386 e. The molecule has 2 rings (SSSR count). The molecule has 2 heterocycles. The van der Waals surface area contributed by atoms with E-state index >= 15 is 0 Å². The zero-order valence-electron chi connectivity index (χ0n) is 9.20. The van der Waals surface area contributed by atoms with Crippen LogP contribution in [0.1, 0.15) is 19.5 Å². The van der Waals surface area contributed by atoms with Crippen LogP contribution in [0.3, 0.4) is 0 Å². The molecule has 68 valence electrons. The number of nitrogens with zero attached hydrogens (tertiary/aromatic N) is 2. The zero-order valence-corrected chi connectivity index (χ0v) is 12.3. The molecule has 2 aromatic rings. The molecular weight excluding hydrogens is 199 g/mol. The summed E-state index contributed by atoms with van der Waals surface area (Å²) in [5.74, 6) is 0. The fourth-order valence-corrected chi connectivity index (χ4v) is 1.10. The second kappa shape index (κ2) is 7.48. The summed E-state index contributed by atoms with van der Waals surface area (Å²) in [5.41, 5.74) is 1.98. The summed E-state index contributed by atoms with van der Waals surface area (Å²) in [6, 6.07) is 5.67. The summed E-state index contributed by atoms with van der Waals surface area (Å²) in [6.07, 6.45) is 4.55. The van der Waals surface area contributed by atoms with Crippen molar-refractivity contribution >= 4 is 10.9 Å². The first-order valence-electron chi connectivity index (χ1n) is 4.46. The molecule has 0 radical (unpaired) electrons. The summed E-state index contributed by atoms with van der Waals surface area (Å²) in [6.45, 7) is 5.98. The van der Waals surface area contributed by atoms with Crippen LogP contribution < -0.4 is 51.4 Å². The monoisotopic (exact) mass is 212 g/mol. The number of aryl methyl sites for hydroxylation is 1. The van der Waals surface area contributed by atoms with Gasteiger partial charge in [-0.1, -0.05) is 31.5 Å². The average molecular weight is 212 g/mol. The Bertz CT molecular complexity index is 382. The van der Waals surface area contributed by atoms with Gasteiger partial charge in [0.25, 0.3) is 0 Å². The molecule has 0 bridgehead atoms. The van der Waals surface area contributed by atoms with Crippen LogP contribution in [-0.2, 0) is 0 Å². The maximum atomic E-state index is 4.15. The van der Waals surface area contributed by atoms with Crippen molar-refractivity contribution < 1.29 is 51.4 Å². The van der Waals surface area contributed by atoms with Gasteiger partial charge in [0.1, 0.15) is 0 Å². The molecule has 0 spiro atoms. The van der Waals surface area contributed by atoms with Crippen LogP contribution in [0.15, 0.2) is 24.4 Å². The molecule has 0 aliphatic heterocycles. The van der Waals surface area contributed by atoms with Crippen LogP contribution in [0.2, 0.25) is 0 Å². The van der Waals surface area contributed by atoms with Gasteiger partial charge >= 0.3 is 51.4 Å². The third-order valence-electron chi connectivity index (χ3n) is 1.68. The first kappa shape index (κ1) is 14.2. The maximum Gasteiger partial charge on any atom is 1.00 e. The molecule has 0 saturated heterocycles. The van der Waals surface area contributed by atoms with E-state index in [0.717, 1.165) is 16.6 Å². The van der Waals surface area contributed by atoms with Crippen LogP contribution in [0.5, 0.6) is 0 Å². The van der Waals surface area contributed by atoms with Gasteiger partial charge in [0.05, 0.1) is 0 Å². The third kappa shape index (κ3) is 3.40. The van der Waals surface area contributed by atoms with Crippen LogP contribution in [-0.4, -0.2) is 9.97 Å². The molecule has 0 aliphatic carbocycles. The van der Waals surface area contributed by atoms with Gasteiger partial charge in [-0.25, -0.2) is 0 Å². The molecule has 0 aliphatic rings. The molecule has 3 heteroatoms. The Morgan fingerprint density at radius 3 is 2.57 bits per heavy atom. The summed E-state index contributed by atoms with van der Waals surface area (Å²) in [4.78, 5) is 8.23. The van der Waals surface area contributed by atoms with Crippen LogP contribution in [0, 0.1) is 13.1 Å². The molecule has 0 aromatic carbocycles. The molecule has 0 unspecified atom stereocenters.